The highest BCUT2D eigenvalue weighted by atomic mass is 32.2. The first-order valence-electron chi connectivity index (χ1n) is 9.64. The van der Waals surface area contributed by atoms with Gasteiger partial charge in [0.25, 0.3) is 0 Å². The molecule has 2 aliphatic heterocycles. The van der Waals surface area contributed by atoms with Crippen molar-refractivity contribution < 1.29 is 29.0 Å². The second-order valence-electron chi connectivity index (χ2n) is 6.67. The molecular formula is C17H30N4O6S. The molecule has 5 N–H and O–H groups in total. The van der Waals surface area contributed by atoms with Crippen molar-refractivity contribution in [3.8, 4) is 0 Å². The second-order valence-corrected chi connectivity index (χ2v) is 7.95. The maximum absolute atomic E-state index is 11.8. The highest BCUT2D eigenvalue weighted by Gasteiger charge is 2.42. The van der Waals surface area contributed by atoms with Crippen LogP contribution in [-0.4, -0.2) is 85.7 Å². The zero-order valence-electron chi connectivity index (χ0n) is 15.9. The molecule has 0 aromatic carbocycles. The van der Waals surface area contributed by atoms with Crippen LogP contribution in [0.2, 0.25) is 0 Å². The number of hydrogen-bond donors (Lipinski definition) is 5. The molecule has 2 saturated heterocycles. The summed E-state index contributed by atoms with van der Waals surface area (Å²) in [4.78, 5) is 33.4. The van der Waals surface area contributed by atoms with Crippen LogP contribution in [0.15, 0.2) is 0 Å². The predicted molar refractivity (Wildman–Crippen MR) is 105 cm³/mol. The van der Waals surface area contributed by atoms with Crippen molar-refractivity contribution in [3.63, 3.8) is 0 Å². The number of thioether (sulfide) groups is 1. The average Bonchev–Trinajstić information content (AvgIpc) is 3.19. The molecule has 28 heavy (non-hydrogen) atoms. The van der Waals surface area contributed by atoms with Crippen LogP contribution < -0.4 is 21.3 Å². The van der Waals surface area contributed by atoms with Gasteiger partial charge in [-0.25, -0.2) is 9.59 Å². The molecule has 2 aliphatic rings. The lowest BCUT2D eigenvalue weighted by atomic mass is 10.0. The maximum Gasteiger partial charge on any atom is 0.404 e. The number of carbonyl (C=O) groups excluding carboxylic acids is 2. The third-order valence-corrected chi connectivity index (χ3v) is 6.05. The van der Waals surface area contributed by atoms with Crippen LogP contribution in [-0.2, 0) is 14.3 Å². The van der Waals surface area contributed by atoms with Gasteiger partial charge in [0, 0.05) is 30.5 Å². The number of fused-ring (bicyclic) bond motifs is 1. The summed E-state index contributed by atoms with van der Waals surface area (Å²) in [5.74, 6) is 0.978. The van der Waals surface area contributed by atoms with Crippen LogP contribution in [0.25, 0.3) is 0 Å². The number of ether oxygens (including phenoxy) is 2. The van der Waals surface area contributed by atoms with E-state index in [0.29, 0.717) is 44.6 Å². The van der Waals surface area contributed by atoms with Gasteiger partial charge >= 0.3 is 12.1 Å². The monoisotopic (exact) mass is 418 g/mol. The van der Waals surface area contributed by atoms with Crippen molar-refractivity contribution in [1.29, 1.82) is 0 Å². The van der Waals surface area contributed by atoms with Crippen molar-refractivity contribution in [2.75, 3.05) is 45.3 Å². The zero-order valence-corrected chi connectivity index (χ0v) is 16.7. The molecule has 160 valence electrons. The van der Waals surface area contributed by atoms with Crippen molar-refractivity contribution in [1.82, 2.24) is 21.3 Å². The molecule has 10 nitrogen and oxygen atoms in total. The van der Waals surface area contributed by atoms with Gasteiger partial charge in [-0.2, -0.15) is 11.8 Å². The first-order valence-corrected chi connectivity index (χ1v) is 10.7. The van der Waals surface area contributed by atoms with Crippen LogP contribution in [0.5, 0.6) is 0 Å². The Morgan fingerprint density at radius 1 is 1.07 bits per heavy atom. The SMILES string of the molecule is O=C(O)NCCOCCOCCNC(=O)CCCCC1SCC2NC(=O)NC21. The number of carbonyl (C=O) groups is 3. The molecule has 0 radical (unpaired) electrons. The molecule has 0 aromatic heterocycles. The van der Waals surface area contributed by atoms with Gasteiger partial charge in [0.15, 0.2) is 0 Å². The Kier molecular flexibility index (Phi) is 10.2. The van der Waals surface area contributed by atoms with E-state index in [-0.39, 0.29) is 30.6 Å². The number of rotatable bonds is 14. The van der Waals surface area contributed by atoms with Crippen molar-refractivity contribution in [2.45, 2.75) is 43.0 Å². The minimum atomic E-state index is -1.07. The van der Waals surface area contributed by atoms with Gasteiger partial charge in [0.1, 0.15) is 0 Å². The van der Waals surface area contributed by atoms with Crippen molar-refractivity contribution >= 4 is 29.8 Å². The van der Waals surface area contributed by atoms with Gasteiger partial charge in [-0.15, -0.1) is 0 Å². The van der Waals surface area contributed by atoms with E-state index in [1.165, 1.54) is 0 Å². The van der Waals surface area contributed by atoms with Gasteiger partial charge < -0.3 is 35.8 Å². The summed E-state index contributed by atoms with van der Waals surface area (Å²) in [5, 5.41) is 19.7. The smallest absolute Gasteiger partial charge is 0.404 e. The fraction of sp³-hybridized carbons (Fsp3) is 0.824. The molecule has 0 aliphatic carbocycles. The Balaban J connectivity index is 1.36. The van der Waals surface area contributed by atoms with E-state index < -0.39 is 6.09 Å². The Hall–Kier alpha value is -1.72. The molecule has 0 spiro atoms. The third kappa shape index (κ3) is 8.53. The second kappa shape index (κ2) is 12.7. The summed E-state index contributed by atoms with van der Waals surface area (Å²) in [6.07, 6.45) is 2.23. The molecule has 4 amide bonds. The Morgan fingerprint density at radius 2 is 1.79 bits per heavy atom. The van der Waals surface area contributed by atoms with Crippen LogP contribution in [0.4, 0.5) is 9.59 Å². The molecule has 0 saturated carbocycles. The third-order valence-electron chi connectivity index (χ3n) is 4.54. The van der Waals surface area contributed by atoms with E-state index in [0.717, 1.165) is 25.0 Å². The largest absolute Gasteiger partial charge is 0.465 e. The van der Waals surface area contributed by atoms with Crippen LogP contribution >= 0.6 is 11.8 Å². The minimum Gasteiger partial charge on any atom is -0.465 e. The van der Waals surface area contributed by atoms with Crippen LogP contribution in [0.3, 0.4) is 0 Å². The zero-order chi connectivity index (χ0) is 20.2. The van der Waals surface area contributed by atoms with Gasteiger partial charge in [-0.1, -0.05) is 6.42 Å². The van der Waals surface area contributed by atoms with Crippen LogP contribution in [0.1, 0.15) is 25.7 Å². The number of nitrogens with one attached hydrogen (secondary N) is 4. The molecule has 2 heterocycles. The molecule has 2 rings (SSSR count). The summed E-state index contributed by atoms with van der Waals surface area (Å²) < 4.78 is 10.5. The normalized spacial score (nSPS) is 23.0. The lowest BCUT2D eigenvalue weighted by Gasteiger charge is -2.16. The first kappa shape index (κ1) is 22.6. The lowest BCUT2D eigenvalue weighted by Crippen LogP contribution is -2.36. The fourth-order valence-electron chi connectivity index (χ4n) is 3.18. The van der Waals surface area contributed by atoms with Gasteiger partial charge in [0.05, 0.1) is 38.5 Å². The van der Waals surface area contributed by atoms with E-state index in [2.05, 4.69) is 21.3 Å². The van der Waals surface area contributed by atoms with E-state index in [1.807, 2.05) is 11.8 Å². The number of amides is 4. The quantitative estimate of drug-likeness (QED) is 0.200. The Morgan fingerprint density at radius 3 is 2.50 bits per heavy atom. The molecule has 2 fully saturated rings. The highest BCUT2D eigenvalue weighted by molar-refractivity contribution is 8.00. The van der Waals surface area contributed by atoms with Gasteiger partial charge in [-0.05, 0) is 12.8 Å². The summed E-state index contributed by atoms with van der Waals surface area (Å²) in [6.45, 7) is 2.20. The standard InChI is InChI=1S/C17H30N4O6S/c22-14(18-5-7-26-9-10-27-8-6-19-17(24)25)4-2-1-3-13-15-12(11-28-13)20-16(23)21-15/h12-13,15,19H,1-11H2,(H,18,22)(H,24,25)(H2,20,21,23). The summed E-state index contributed by atoms with van der Waals surface area (Å²) in [6, 6.07) is 0.405. The fourth-order valence-corrected chi connectivity index (χ4v) is 4.72. The predicted octanol–water partition coefficient (Wildman–Crippen LogP) is 0.129. The van der Waals surface area contributed by atoms with Crippen LogP contribution in [0, 0.1) is 0 Å². The Labute approximate surface area is 168 Å². The molecular weight excluding hydrogens is 388 g/mol. The van der Waals surface area contributed by atoms with E-state index in [9.17, 15) is 14.4 Å². The van der Waals surface area contributed by atoms with E-state index in [1.54, 1.807) is 0 Å². The topological polar surface area (TPSA) is 138 Å². The molecule has 0 bridgehead atoms. The highest BCUT2D eigenvalue weighted by Crippen LogP contribution is 2.33. The summed E-state index contributed by atoms with van der Waals surface area (Å²) >= 11 is 1.89. The number of unbranched alkanes of at least 4 members (excludes halogenated alkanes) is 1. The minimum absolute atomic E-state index is 0.0207. The van der Waals surface area contributed by atoms with Crippen molar-refractivity contribution in [3.05, 3.63) is 0 Å². The lowest BCUT2D eigenvalue weighted by molar-refractivity contribution is -0.121. The molecule has 11 heteroatoms. The van der Waals surface area contributed by atoms with Gasteiger partial charge in [-0.3, -0.25) is 4.79 Å². The summed E-state index contributed by atoms with van der Waals surface area (Å²) in [5.41, 5.74) is 0. The van der Waals surface area contributed by atoms with Crippen molar-refractivity contribution in [2.24, 2.45) is 0 Å². The molecule has 3 atom stereocenters. The van der Waals surface area contributed by atoms with E-state index >= 15 is 0 Å². The average molecular weight is 419 g/mol. The summed E-state index contributed by atoms with van der Waals surface area (Å²) in [7, 11) is 0. The first-order chi connectivity index (χ1) is 13.6. The number of urea groups is 1. The molecule has 0 aromatic rings. The Bertz CT molecular complexity index is 524. The van der Waals surface area contributed by atoms with Gasteiger partial charge in [0.2, 0.25) is 5.91 Å². The number of carboxylic acid groups (broad SMARTS) is 1. The maximum atomic E-state index is 11.8. The van der Waals surface area contributed by atoms with E-state index in [4.69, 9.17) is 14.6 Å². The number of hydrogen-bond acceptors (Lipinski definition) is 6. The molecule has 3 unspecified atom stereocenters.